The molecular formula is C34H35Cl2N3O4S. The molecule has 0 aliphatic rings. The van der Waals surface area contributed by atoms with Crippen LogP contribution in [0, 0.1) is 13.8 Å². The number of likely N-dealkylation sites (N-methyl/N-ethyl adjacent to an activating group) is 1. The summed E-state index contributed by atoms with van der Waals surface area (Å²) in [7, 11) is -4.17. The molecule has 0 aliphatic heterocycles. The fourth-order valence-electron chi connectivity index (χ4n) is 4.81. The van der Waals surface area contributed by atoms with Crippen molar-refractivity contribution in [1.29, 1.82) is 0 Å². The first-order valence-electron chi connectivity index (χ1n) is 14.2. The number of hydrogen-bond donors (Lipinski definition) is 1. The van der Waals surface area contributed by atoms with Crippen LogP contribution >= 0.6 is 23.2 Å². The number of halogens is 2. The van der Waals surface area contributed by atoms with E-state index >= 15 is 0 Å². The number of aryl methyl sites for hydroxylation is 2. The first-order chi connectivity index (χ1) is 21.0. The van der Waals surface area contributed by atoms with Crippen molar-refractivity contribution in [3.05, 3.63) is 129 Å². The van der Waals surface area contributed by atoms with E-state index in [0.717, 1.165) is 21.0 Å². The minimum Gasteiger partial charge on any atom is -0.355 e. The van der Waals surface area contributed by atoms with Crippen LogP contribution in [0.3, 0.4) is 0 Å². The summed E-state index contributed by atoms with van der Waals surface area (Å²) in [5.41, 5.74) is 3.69. The van der Waals surface area contributed by atoms with Gasteiger partial charge in [-0.05, 0) is 79.4 Å². The first kappa shape index (κ1) is 33.1. The summed E-state index contributed by atoms with van der Waals surface area (Å²) in [6.45, 7) is 5.43. The summed E-state index contributed by atoms with van der Waals surface area (Å²) >= 11 is 12.5. The third kappa shape index (κ3) is 8.00. The van der Waals surface area contributed by atoms with E-state index in [4.69, 9.17) is 23.2 Å². The second kappa shape index (κ2) is 14.8. The van der Waals surface area contributed by atoms with E-state index in [1.165, 1.54) is 17.0 Å². The van der Waals surface area contributed by atoms with E-state index in [9.17, 15) is 18.0 Å². The number of nitrogens with one attached hydrogen (secondary N) is 1. The standard InChI is InChI=1S/C34H35Cl2N3O4S/c1-4-37-34(41)32(21-26-11-7-5-8-12-26)38(22-27-16-18-30(35)31(36)20-27)33(40)23-39(28-17-15-24(2)25(3)19-28)44(42,43)29-13-9-6-10-14-29/h5-20,32H,4,21-23H2,1-3H3,(H,37,41)/t32-/m1/s1. The zero-order valence-electron chi connectivity index (χ0n) is 24.8. The molecule has 0 heterocycles. The zero-order chi connectivity index (χ0) is 31.9. The van der Waals surface area contributed by atoms with Gasteiger partial charge in [0.05, 0.1) is 20.6 Å². The molecule has 44 heavy (non-hydrogen) atoms. The van der Waals surface area contributed by atoms with Crippen molar-refractivity contribution in [1.82, 2.24) is 10.2 Å². The van der Waals surface area contributed by atoms with Gasteiger partial charge in [-0.3, -0.25) is 13.9 Å². The van der Waals surface area contributed by atoms with Crippen molar-refractivity contribution in [2.24, 2.45) is 0 Å². The summed E-state index contributed by atoms with van der Waals surface area (Å²) in [5.74, 6) is -0.908. The van der Waals surface area contributed by atoms with Gasteiger partial charge in [-0.15, -0.1) is 0 Å². The molecule has 7 nitrogen and oxygen atoms in total. The molecule has 0 bridgehead atoms. The quantitative estimate of drug-likeness (QED) is 0.187. The number of carbonyl (C=O) groups is 2. The van der Waals surface area contributed by atoms with Gasteiger partial charge >= 0.3 is 0 Å². The second-order valence-electron chi connectivity index (χ2n) is 10.5. The van der Waals surface area contributed by atoms with Gasteiger partial charge in [0.25, 0.3) is 10.0 Å². The SMILES string of the molecule is CCNC(=O)[C@@H](Cc1ccccc1)N(Cc1ccc(Cl)c(Cl)c1)C(=O)CN(c1ccc(C)c(C)c1)S(=O)(=O)c1ccccc1. The van der Waals surface area contributed by atoms with Gasteiger partial charge in [0.2, 0.25) is 11.8 Å². The molecule has 0 spiro atoms. The Morgan fingerprint density at radius 3 is 2.07 bits per heavy atom. The Labute approximate surface area is 269 Å². The highest BCUT2D eigenvalue weighted by molar-refractivity contribution is 7.92. The van der Waals surface area contributed by atoms with Crippen LogP contribution in [0.15, 0.2) is 102 Å². The third-order valence-corrected chi connectivity index (χ3v) is 9.87. The number of sulfonamides is 1. The Hall–Kier alpha value is -3.85. The van der Waals surface area contributed by atoms with Crippen LogP contribution in [-0.2, 0) is 32.6 Å². The molecule has 0 aromatic heterocycles. The van der Waals surface area contributed by atoms with E-state index in [0.29, 0.717) is 27.8 Å². The number of benzene rings is 4. The van der Waals surface area contributed by atoms with Crippen molar-refractivity contribution >= 4 is 50.7 Å². The maximum absolute atomic E-state index is 14.4. The van der Waals surface area contributed by atoms with Gasteiger partial charge in [-0.1, -0.05) is 83.9 Å². The van der Waals surface area contributed by atoms with Gasteiger partial charge in [0.1, 0.15) is 12.6 Å². The smallest absolute Gasteiger partial charge is 0.264 e. The van der Waals surface area contributed by atoms with Crippen LogP contribution in [0.4, 0.5) is 5.69 Å². The van der Waals surface area contributed by atoms with E-state index in [1.807, 2.05) is 50.2 Å². The van der Waals surface area contributed by atoms with Crippen LogP contribution in [0.1, 0.15) is 29.2 Å². The Morgan fingerprint density at radius 1 is 0.795 bits per heavy atom. The molecule has 0 saturated carbocycles. The molecule has 2 amide bonds. The van der Waals surface area contributed by atoms with Gasteiger partial charge in [0, 0.05) is 19.5 Å². The molecule has 1 atom stereocenters. The molecule has 0 unspecified atom stereocenters. The van der Waals surface area contributed by atoms with Crippen molar-refractivity contribution in [3.63, 3.8) is 0 Å². The van der Waals surface area contributed by atoms with Crippen LogP contribution in [0.5, 0.6) is 0 Å². The average molecular weight is 653 g/mol. The maximum Gasteiger partial charge on any atom is 0.264 e. The molecule has 0 radical (unpaired) electrons. The lowest BCUT2D eigenvalue weighted by Crippen LogP contribution is -2.53. The van der Waals surface area contributed by atoms with Crippen molar-refractivity contribution < 1.29 is 18.0 Å². The topological polar surface area (TPSA) is 86.8 Å². The van der Waals surface area contributed by atoms with Crippen LogP contribution in [0.2, 0.25) is 10.0 Å². The second-order valence-corrected chi connectivity index (χ2v) is 13.1. The molecule has 10 heteroatoms. The molecule has 230 valence electrons. The van der Waals surface area contributed by atoms with Crippen LogP contribution < -0.4 is 9.62 Å². The Kier molecular flexibility index (Phi) is 11.1. The number of nitrogens with zero attached hydrogens (tertiary/aromatic N) is 2. The van der Waals surface area contributed by atoms with E-state index in [1.54, 1.807) is 55.5 Å². The van der Waals surface area contributed by atoms with Gasteiger partial charge in [-0.25, -0.2) is 8.42 Å². The minimum absolute atomic E-state index is 0.00347. The number of carbonyl (C=O) groups excluding carboxylic acids is 2. The fraction of sp³-hybridized carbons (Fsp3) is 0.235. The minimum atomic E-state index is -4.17. The number of amides is 2. The van der Waals surface area contributed by atoms with E-state index in [2.05, 4.69) is 5.32 Å². The van der Waals surface area contributed by atoms with Crippen molar-refractivity contribution in [3.8, 4) is 0 Å². The maximum atomic E-state index is 14.4. The summed E-state index contributed by atoms with van der Waals surface area (Å²) in [4.78, 5) is 29.5. The largest absolute Gasteiger partial charge is 0.355 e. The molecule has 0 fully saturated rings. The lowest BCUT2D eigenvalue weighted by atomic mass is 10.0. The molecule has 4 aromatic rings. The Morgan fingerprint density at radius 2 is 1.45 bits per heavy atom. The van der Waals surface area contributed by atoms with Crippen molar-refractivity contribution in [2.45, 2.75) is 44.7 Å². The van der Waals surface area contributed by atoms with E-state index < -0.39 is 28.5 Å². The van der Waals surface area contributed by atoms with Crippen LogP contribution in [0.25, 0.3) is 0 Å². The number of anilines is 1. The molecular weight excluding hydrogens is 617 g/mol. The highest BCUT2D eigenvalue weighted by atomic mass is 35.5. The number of hydrogen-bond acceptors (Lipinski definition) is 4. The summed E-state index contributed by atoms with van der Waals surface area (Å²) < 4.78 is 29.2. The highest BCUT2D eigenvalue weighted by Gasteiger charge is 2.34. The van der Waals surface area contributed by atoms with Crippen LogP contribution in [-0.4, -0.2) is 44.3 Å². The summed E-state index contributed by atoms with van der Waals surface area (Å²) in [6.07, 6.45) is 0.217. The predicted octanol–water partition coefficient (Wildman–Crippen LogP) is 6.58. The summed E-state index contributed by atoms with van der Waals surface area (Å²) in [5, 5.41) is 3.51. The Bertz CT molecular complexity index is 1720. The number of rotatable bonds is 12. The first-order valence-corrected chi connectivity index (χ1v) is 16.4. The van der Waals surface area contributed by atoms with Gasteiger partial charge < -0.3 is 10.2 Å². The zero-order valence-corrected chi connectivity index (χ0v) is 27.2. The molecule has 4 aromatic carbocycles. The highest BCUT2D eigenvalue weighted by Crippen LogP contribution is 2.28. The van der Waals surface area contributed by atoms with Gasteiger partial charge in [0.15, 0.2) is 0 Å². The molecule has 4 rings (SSSR count). The molecule has 0 saturated heterocycles. The third-order valence-electron chi connectivity index (χ3n) is 7.35. The summed E-state index contributed by atoms with van der Waals surface area (Å²) in [6, 6.07) is 26.7. The van der Waals surface area contributed by atoms with Crippen molar-refractivity contribution in [2.75, 3.05) is 17.4 Å². The fourth-order valence-corrected chi connectivity index (χ4v) is 6.56. The van der Waals surface area contributed by atoms with Gasteiger partial charge in [-0.2, -0.15) is 0 Å². The Balaban J connectivity index is 1.82. The van der Waals surface area contributed by atoms with E-state index in [-0.39, 0.29) is 23.8 Å². The average Bonchev–Trinajstić information content (AvgIpc) is 3.01. The normalized spacial score (nSPS) is 11.9. The molecule has 1 N–H and O–H groups in total. The lowest BCUT2D eigenvalue weighted by Gasteiger charge is -2.34. The molecule has 0 aliphatic carbocycles. The monoisotopic (exact) mass is 651 g/mol. The predicted molar refractivity (Wildman–Crippen MR) is 177 cm³/mol. The lowest BCUT2D eigenvalue weighted by molar-refractivity contribution is -0.140.